The first-order valence-corrected chi connectivity index (χ1v) is 8.47. The summed E-state index contributed by atoms with van der Waals surface area (Å²) in [6.07, 6.45) is 3.90. The van der Waals surface area contributed by atoms with Crippen molar-refractivity contribution in [3.05, 3.63) is 22.4 Å². The lowest BCUT2D eigenvalue weighted by atomic mass is 9.99. The number of hydrogen-bond acceptors (Lipinski definition) is 5. The first kappa shape index (κ1) is 16.1. The largest absolute Gasteiger partial charge is 0.425 e. The monoisotopic (exact) mass is 320 g/mol. The third-order valence-electron chi connectivity index (χ3n) is 5.15. The number of piperazine rings is 1. The molecule has 0 aliphatic carbocycles. The molecule has 3 rings (SSSR count). The summed E-state index contributed by atoms with van der Waals surface area (Å²) < 4.78 is 0. The Hall–Kier alpha value is -1.73. The lowest BCUT2D eigenvalue weighted by molar-refractivity contribution is -0.841. The smallest absolute Gasteiger partial charge is 0.366 e. The highest BCUT2D eigenvalue weighted by atomic mass is 16.6. The van der Waals surface area contributed by atoms with Crippen molar-refractivity contribution in [2.75, 3.05) is 51.2 Å². The summed E-state index contributed by atoms with van der Waals surface area (Å²) in [5.41, 5.74) is 1.78. The van der Waals surface area contributed by atoms with E-state index in [2.05, 4.69) is 28.8 Å². The summed E-state index contributed by atoms with van der Waals surface area (Å²) in [5.74, 6) is 0.735. The molecule has 0 radical (unpaired) electrons. The number of rotatable bonds is 3. The molecular weight excluding hydrogens is 294 g/mol. The molecule has 0 amide bonds. The second-order valence-corrected chi connectivity index (χ2v) is 6.90. The summed E-state index contributed by atoms with van der Waals surface area (Å²) in [5, 5.41) is 11.4. The molecule has 2 fully saturated rings. The standard InChI is InChI=1S/C16H25N5O2/c1-13-3-5-20(6-4-13)15-11-14(12-17-16(15)21(22)23)19-9-7-18(2)8-10-19/h11-13H,3-10H2,1-2H3/p+1. The van der Waals surface area contributed by atoms with Crippen LogP contribution in [0.15, 0.2) is 12.3 Å². The molecule has 2 aliphatic rings. The fourth-order valence-electron chi connectivity index (χ4n) is 3.47. The van der Waals surface area contributed by atoms with Crippen molar-refractivity contribution in [1.29, 1.82) is 0 Å². The molecule has 1 aromatic heterocycles. The van der Waals surface area contributed by atoms with Gasteiger partial charge in [0.1, 0.15) is 0 Å². The van der Waals surface area contributed by atoms with Gasteiger partial charge in [0.25, 0.3) is 0 Å². The van der Waals surface area contributed by atoms with Crippen molar-refractivity contribution in [1.82, 2.24) is 9.88 Å². The summed E-state index contributed by atoms with van der Waals surface area (Å²) in [6.45, 7) is 8.08. The molecule has 0 saturated carbocycles. The third kappa shape index (κ3) is 3.61. The molecule has 1 N–H and O–H groups in total. The maximum Gasteiger partial charge on any atom is 0.425 e. The van der Waals surface area contributed by atoms with Crippen LogP contribution < -0.4 is 9.80 Å². The average Bonchev–Trinajstić information content (AvgIpc) is 2.55. The molecule has 126 valence electrons. The van der Waals surface area contributed by atoms with Gasteiger partial charge in [-0.05, 0) is 35.7 Å². The molecule has 2 saturated heterocycles. The number of anilines is 1. The van der Waals surface area contributed by atoms with E-state index in [9.17, 15) is 10.1 Å². The molecule has 2 aliphatic heterocycles. The van der Waals surface area contributed by atoms with Crippen molar-refractivity contribution < 1.29 is 9.82 Å². The van der Waals surface area contributed by atoms with Crippen LogP contribution in [-0.2, 0) is 0 Å². The van der Waals surface area contributed by atoms with Gasteiger partial charge in [-0.25, -0.2) is 0 Å². The van der Waals surface area contributed by atoms with Gasteiger partial charge in [0.15, 0.2) is 6.20 Å². The molecule has 0 unspecified atom stereocenters. The fraction of sp³-hybridized carbons (Fsp3) is 0.688. The van der Waals surface area contributed by atoms with Crippen LogP contribution in [0, 0.1) is 16.0 Å². The van der Waals surface area contributed by atoms with Crippen LogP contribution in [0.1, 0.15) is 19.8 Å². The van der Waals surface area contributed by atoms with Gasteiger partial charge in [-0.15, -0.1) is 0 Å². The second kappa shape index (κ2) is 6.80. The van der Waals surface area contributed by atoms with Gasteiger partial charge >= 0.3 is 5.82 Å². The zero-order chi connectivity index (χ0) is 16.4. The van der Waals surface area contributed by atoms with E-state index in [1.807, 2.05) is 6.07 Å². The number of piperidine rings is 1. The average molecular weight is 320 g/mol. The molecular formula is C16H26N5O2+. The van der Waals surface area contributed by atoms with Crippen molar-refractivity contribution >= 4 is 17.2 Å². The number of hydrogen-bond donors (Lipinski definition) is 1. The normalized spacial score (nSPS) is 26.3. The number of quaternary nitrogens is 1. The Morgan fingerprint density at radius 1 is 1.26 bits per heavy atom. The van der Waals surface area contributed by atoms with Gasteiger partial charge in [-0.3, -0.25) is 4.90 Å². The number of aromatic nitrogens is 1. The number of nitrogens with zero attached hydrogens (tertiary/aromatic N) is 4. The predicted octanol–water partition coefficient (Wildman–Crippen LogP) is 0.688. The predicted molar refractivity (Wildman–Crippen MR) is 89.4 cm³/mol. The first-order valence-electron chi connectivity index (χ1n) is 8.47. The van der Waals surface area contributed by atoms with Gasteiger partial charge in [-0.2, -0.15) is 0 Å². The van der Waals surface area contributed by atoms with Gasteiger partial charge in [-0.1, -0.05) is 6.92 Å². The van der Waals surface area contributed by atoms with E-state index in [0.717, 1.165) is 63.5 Å². The van der Waals surface area contributed by atoms with E-state index in [0.29, 0.717) is 5.92 Å². The van der Waals surface area contributed by atoms with Crippen molar-refractivity contribution in [3.8, 4) is 0 Å². The molecule has 23 heavy (non-hydrogen) atoms. The van der Waals surface area contributed by atoms with Crippen LogP contribution in [0.5, 0.6) is 0 Å². The highest BCUT2D eigenvalue weighted by Gasteiger charge is 2.31. The number of likely N-dealkylation sites (N-methyl/N-ethyl adjacent to an activating group) is 1. The van der Waals surface area contributed by atoms with E-state index < -0.39 is 0 Å². The molecule has 0 spiro atoms. The quantitative estimate of drug-likeness (QED) is 0.655. The van der Waals surface area contributed by atoms with Crippen LogP contribution >= 0.6 is 0 Å². The Kier molecular flexibility index (Phi) is 4.77. The van der Waals surface area contributed by atoms with Gasteiger partial charge in [0, 0.05) is 32.2 Å². The summed E-state index contributed by atoms with van der Waals surface area (Å²) >= 11 is 0. The zero-order valence-corrected chi connectivity index (χ0v) is 14.0. The third-order valence-corrected chi connectivity index (χ3v) is 5.15. The van der Waals surface area contributed by atoms with E-state index in [-0.39, 0.29) is 10.7 Å². The Balaban J connectivity index is 1.86. The summed E-state index contributed by atoms with van der Waals surface area (Å²) in [7, 11) is 2.12. The van der Waals surface area contributed by atoms with Gasteiger partial charge in [0.05, 0.1) is 18.8 Å². The maximum atomic E-state index is 11.4. The highest BCUT2D eigenvalue weighted by molar-refractivity contribution is 5.58. The SMILES string of the molecule is CC1CC[NH+](c2cc(N3CCN(C)CC3)cnc2[N+](=O)[O-])CC1. The Bertz CT molecular complexity index is 564. The van der Waals surface area contributed by atoms with Crippen molar-refractivity contribution in [2.45, 2.75) is 19.8 Å². The van der Waals surface area contributed by atoms with Crippen LogP contribution in [0.3, 0.4) is 0 Å². The highest BCUT2D eigenvalue weighted by Crippen LogP contribution is 2.25. The minimum absolute atomic E-state index is 0.0208. The fourth-order valence-corrected chi connectivity index (χ4v) is 3.47. The number of pyridine rings is 1. The molecule has 0 bridgehead atoms. The van der Waals surface area contributed by atoms with E-state index in [1.54, 1.807) is 6.20 Å². The van der Waals surface area contributed by atoms with Crippen LogP contribution in [0.2, 0.25) is 0 Å². The number of nitro groups is 1. The first-order chi connectivity index (χ1) is 11.0. The minimum Gasteiger partial charge on any atom is -0.366 e. The Labute approximate surface area is 137 Å². The van der Waals surface area contributed by atoms with Crippen LogP contribution in [0.25, 0.3) is 0 Å². The van der Waals surface area contributed by atoms with Crippen molar-refractivity contribution in [2.24, 2.45) is 5.92 Å². The number of nitrogens with one attached hydrogen (secondary N) is 1. The van der Waals surface area contributed by atoms with Crippen LogP contribution in [-0.4, -0.2) is 61.1 Å². The van der Waals surface area contributed by atoms with E-state index >= 15 is 0 Å². The molecule has 7 heteroatoms. The Morgan fingerprint density at radius 3 is 2.52 bits per heavy atom. The molecule has 3 heterocycles. The molecule has 0 aromatic carbocycles. The lowest BCUT2D eigenvalue weighted by Crippen LogP contribution is -3.08. The van der Waals surface area contributed by atoms with Gasteiger partial charge in [0.2, 0.25) is 5.69 Å². The lowest BCUT2D eigenvalue weighted by Gasteiger charge is -2.33. The second-order valence-electron chi connectivity index (χ2n) is 6.90. The zero-order valence-electron chi connectivity index (χ0n) is 14.0. The molecule has 7 nitrogen and oxygen atoms in total. The summed E-state index contributed by atoms with van der Waals surface area (Å²) in [6, 6.07) is 2.00. The topological polar surface area (TPSA) is 67.0 Å². The van der Waals surface area contributed by atoms with Crippen LogP contribution in [0.4, 0.5) is 17.2 Å². The van der Waals surface area contributed by atoms with E-state index in [1.165, 1.54) is 4.90 Å². The summed E-state index contributed by atoms with van der Waals surface area (Å²) in [4.78, 5) is 21.0. The maximum absolute atomic E-state index is 11.4. The molecule has 0 atom stereocenters. The van der Waals surface area contributed by atoms with Crippen molar-refractivity contribution in [3.63, 3.8) is 0 Å². The van der Waals surface area contributed by atoms with Gasteiger partial charge < -0.3 is 19.9 Å². The molecule has 1 aromatic rings. The Morgan fingerprint density at radius 2 is 1.91 bits per heavy atom. The minimum atomic E-state index is -0.339. The van der Waals surface area contributed by atoms with E-state index in [4.69, 9.17) is 0 Å².